The molecule has 13 N–H and O–H groups in total. The van der Waals surface area contributed by atoms with Crippen LogP contribution in [-0.2, 0) is 54.1 Å². The summed E-state index contributed by atoms with van der Waals surface area (Å²) in [6.45, 7) is 29.7. The Hall–Kier alpha value is -7.23. The molecule has 2 saturated heterocycles. The van der Waals surface area contributed by atoms with Crippen molar-refractivity contribution in [3.8, 4) is 11.5 Å². The number of rotatable bonds is 12. The molecule has 4 heterocycles. The van der Waals surface area contributed by atoms with E-state index in [-0.39, 0.29) is 113 Å². The Bertz CT molecular complexity index is 3280. The number of fused-ring (bicyclic) bond motifs is 4. The number of anilines is 1. The monoisotopic (exact) mass is 1490 g/mol. The highest BCUT2D eigenvalue weighted by Crippen LogP contribution is 2.41. The van der Waals surface area contributed by atoms with Gasteiger partial charge in [0.15, 0.2) is 17.2 Å². The van der Waals surface area contributed by atoms with Crippen molar-refractivity contribution in [2.24, 2.45) is 58.8 Å². The number of aromatic hydroxyl groups is 2. The fraction of sp³-hybridized carbons (Fsp3) is 0.547. The number of ketones is 2. The van der Waals surface area contributed by atoms with Gasteiger partial charge in [-0.05, 0) is 127 Å². The van der Waals surface area contributed by atoms with E-state index in [1.165, 1.54) is 31.3 Å². The summed E-state index contributed by atoms with van der Waals surface area (Å²) in [6, 6.07) is 1.31. The number of Topliss-reactive ketones (excluding diaryl/α,β-unsaturated/α-hetero) is 1. The van der Waals surface area contributed by atoms with Gasteiger partial charge in [0, 0.05) is 103 Å². The Labute approximate surface area is 619 Å². The Kier molecular flexibility index (Phi) is 41.6. The van der Waals surface area contributed by atoms with Gasteiger partial charge < -0.3 is 98.9 Å². The number of halogens is 3. The van der Waals surface area contributed by atoms with Crippen LogP contribution in [0.3, 0.4) is 0 Å². The van der Waals surface area contributed by atoms with Gasteiger partial charge in [-0.3, -0.25) is 24.0 Å². The summed E-state index contributed by atoms with van der Waals surface area (Å²) in [6.07, 6.45) is 16.2. The average molecular weight is 1490 g/mol. The van der Waals surface area contributed by atoms with Crippen molar-refractivity contribution < 1.29 is 105 Å². The highest BCUT2D eigenvalue weighted by Gasteiger charge is 2.37. The van der Waals surface area contributed by atoms with Crippen molar-refractivity contribution in [3.05, 3.63) is 131 Å². The summed E-state index contributed by atoms with van der Waals surface area (Å²) in [4.78, 5) is 100. The molecule has 0 radical (unpaired) electrons. The number of amides is 4. The number of ether oxygens (including phenoxy) is 4. The van der Waals surface area contributed by atoms with E-state index >= 15 is 0 Å². The van der Waals surface area contributed by atoms with Crippen LogP contribution in [0.2, 0.25) is 0 Å². The SMILES string of the molecule is C=CCCC1=C2C[C@@H](C)[C@H](OC)[C@H](O)[C@@H](C)/C=C(\C)[C@H](OC(N)=O)[C@@H](C)/C=C\C=C(/C)C(=O)NC(=CC1=O)C2=O.C=CC[NH2+]c1c(O)cc2c(O)c1C[C@@H](C)[C@H](OC)[C@H](O)[C@@H](C)/C=C(\C)[C@H](OC(N)=O)[C@@H](C)/C=C\C=C(/C)C(=O)N2.CN1CCC(C(=O)Cl)CC1.C[NH+]1CCC(C(=O)[O-])CC1.Cl.[Cl-]. The van der Waals surface area contributed by atoms with E-state index in [0.717, 1.165) is 51.9 Å². The zero-order chi connectivity index (χ0) is 75.4. The van der Waals surface area contributed by atoms with Gasteiger partial charge in [-0.25, -0.2) is 9.59 Å². The number of likely N-dealkylation sites (tertiary alicyclic amines) is 2. The molecule has 24 nitrogen and oxygen atoms in total. The number of methoxy groups -OCH3 is 2. The molecule has 0 saturated carbocycles. The molecule has 1 aliphatic carbocycles. The number of phenols is 2. The maximum atomic E-state index is 13.6. The zero-order valence-electron chi connectivity index (χ0n) is 61.6. The number of primary amides is 2. The summed E-state index contributed by atoms with van der Waals surface area (Å²) < 4.78 is 22.2. The number of carbonyl (C=O) groups is 8. The van der Waals surface area contributed by atoms with Crippen LogP contribution in [0.4, 0.5) is 21.0 Å². The van der Waals surface area contributed by atoms with Gasteiger partial charge in [-0.2, -0.15) is 0 Å². The minimum absolute atomic E-state index is 0. The Morgan fingerprint density at radius 2 is 1.22 bits per heavy atom. The minimum atomic E-state index is -0.985. The lowest BCUT2D eigenvalue weighted by molar-refractivity contribution is -0.885. The number of aliphatic carboxylic acids is 1. The Morgan fingerprint density at radius 1 is 0.745 bits per heavy atom. The molecule has 102 heavy (non-hydrogen) atoms. The minimum Gasteiger partial charge on any atom is -1.00 e. The molecule has 27 heteroatoms. The van der Waals surface area contributed by atoms with Crippen molar-refractivity contribution in [2.45, 2.75) is 157 Å². The number of quaternary nitrogens is 2. The molecule has 570 valence electrons. The lowest BCUT2D eigenvalue weighted by Crippen LogP contribution is -3.10. The number of hydrogen-bond acceptors (Lipinski definition) is 18. The van der Waals surface area contributed by atoms with Crippen LogP contribution in [0.15, 0.2) is 125 Å². The predicted molar refractivity (Wildman–Crippen MR) is 390 cm³/mol. The number of carboxylic acids is 1. The summed E-state index contributed by atoms with van der Waals surface area (Å²) in [5, 5.41) is 61.9. The number of aliphatic hydroxyl groups excluding tert-OH is 2. The van der Waals surface area contributed by atoms with Crippen molar-refractivity contribution in [1.82, 2.24) is 10.2 Å². The van der Waals surface area contributed by atoms with Crippen LogP contribution in [-0.4, -0.2) is 170 Å². The molecule has 0 unspecified atom stereocenters. The second-order valence-corrected chi connectivity index (χ2v) is 27.3. The summed E-state index contributed by atoms with van der Waals surface area (Å²) in [5.74, 6) is -5.15. The number of nitrogens with zero attached hydrogens (tertiary/aromatic N) is 1. The number of benzene rings is 1. The van der Waals surface area contributed by atoms with Crippen molar-refractivity contribution in [2.75, 3.05) is 66.4 Å². The van der Waals surface area contributed by atoms with Gasteiger partial charge in [-0.15, -0.1) is 19.0 Å². The molecule has 4 amide bonds. The van der Waals surface area contributed by atoms with Crippen LogP contribution in [0.5, 0.6) is 11.5 Å². The number of aliphatic hydroxyl groups is 2. The standard InChI is InChI=1S/C31H42N2O7.C30H43N3O7.C7H12ClNO.C7H13NO2.2ClH/c1-8-9-13-22-23-15-21(6)29(39-7)26(35)19(4)14-20(5)28(40-31(32)38)17(2)11-10-12-18(3)30(37)33-24(27(23)36)16-25(22)34;1-8-12-32-24-21-14-20(6)28(39-7)25(35)18(4)13-19(5)27(40-30(31)38)16(2)10-9-11-17(3)29(37)33-22(26(21)36)15-23(24)34;1-9-4-2-6(3-5-9)7(8)10;1-8-4-2-6(3-5-8)7(9)10;;/h8,10-12,14,16-17,19,21,26,28-29,35H,1,9,13,15H2,2-7H3,(H2,32,38)(H,33,37);8-11,13,15-16,18,20,25,27-28,32,34-36H,1,12,14H2,2-7H3,(H2,31,38)(H,33,37);6H,2-5H2,1H3;6H,2-5H2,1H3,(H,9,10);2*1H/b11-10-,18-12+,20-14+;10-9-,17-11+,19-13+;;;;/t17-,19-,21+,26+,28+,29-;16-,18-,20+,25+,27+,28-;;;;/m00..../s1. The second kappa shape index (κ2) is 45.8. The number of piperidine rings is 2. The summed E-state index contributed by atoms with van der Waals surface area (Å²) in [5.41, 5.74) is 14.2. The van der Waals surface area contributed by atoms with Crippen LogP contribution in [0.1, 0.15) is 120 Å². The van der Waals surface area contributed by atoms with Crippen LogP contribution < -0.4 is 49.8 Å². The molecule has 2 fully saturated rings. The van der Waals surface area contributed by atoms with E-state index < -0.39 is 84.2 Å². The number of nitrogens with one attached hydrogen (secondary N) is 3. The highest BCUT2D eigenvalue weighted by molar-refractivity contribution is 6.64. The zero-order valence-corrected chi connectivity index (χ0v) is 63.9. The molecule has 4 aliphatic heterocycles. The fourth-order valence-electron chi connectivity index (χ4n) is 12.7. The van der Waals surface area contributed by atoms with Gasteiger partial charge in [0.05, 0.1) is 68.0 Å². The van der Waals surface area contributed by atoms with Crippen molar-refractivity contribution in [3.63, 3.8) is 0 Å². The van der Waals surface area contributed by atoms with Crippen LogP contribution in [0, 0.1) is 47.3 Å². The number of allylic oxidation sites excluding steroid dienone is 8. The molecular weight excluding hydrogens is 1380 g/mol. The molecule has 6 rings (SSSR count). The molecule has 12 atom stereocenters. The molecule has 1 aromatic rings. The number of hydrogen-bond donors (Lipinski definition) is 10. The maximum absolute atomic E-state index is 13.6. The average Bonchev–Trinajstić information content (AvgIpc) is 0.798. The third kappa shape index (κ3) is 28.8. The summed E-state index contributed by atoms with van der Waals surface area (Å²) in [7, 11) is 7.13. The predicted octanol–water partition coefficient (Wildman–Crippen LogP) is 3.35. The first kappa shape index (κ1) is 92.8. The van der Waals surface area contributed by atoms with E-state index in [9.17, 15) is 63.9 Å². The van der Waals surface area contributed by atoms with E-state index in [1.54, 1.807) is 81.6 Å². The molecule has 5 aliphatic rings. The Morgan fingerprint density at radius 3 is 1.65 bits per heavy atom. The molecular formula is C75H112Cl3N7O17. The lowest BCUT2D eigenvalue weighted by atomic mass is 9.81. The van der Waals surface area contributed by atoms with E-state index in [4.69, 9.17) is 42.0 Å². The molecule has 4 bridgehead atoms. The van der Waals surface area contributed by atoms with Gasteiger partial charge >= 0.3 is 12.2 Å². The Balaban J connectivity index is 0.000000785. The van der Waals surface area contributed by atoms with Crippen LogP contribution >= 0.6 is 24.0 Å². The lowest BCUT2D eigenvalue weighted by Gasteiger charge is -2.32. The quantitative estimate of drug-likeness (QED) is 0.0358. The van der Waals surface area contributed by atoms with Gasteiger partial charge in [0.25, 0.3) is 11.8 Å². The third-order valence-corrected chi connectivity index (χ3v) is 19.1. The number of phenolic OH excluding ortho intramolecular Hbond substituents is 2. The number of nitrogens with two attached hydrogens (primary N) is 3. The molecule has 0 aromatic heterocycles. The van der Waals surface area contributed by atoms with Gasteiger partial charge in [0.1, 0.15) is 18.0 Å². The smallest absolute Gasteiger partial charge is 0.405 e. The maximum Gasteiger partial charge on any atom is 0.405 e. The van der Waals surface area contributed by atoms with E-state index in [0.29, 0.717) is 58.5 Å². The van der Waals surface area contributed by atoms with Crippen molar-refractivity contribution >= 4 is 82.2 Å². The number of carboxylic acid groups (broad SMARTS) is 1. The first-order chi connectivity index (χ1) is 47.0. The van der Waals surface area contributed by atoms with Crippen molar-refractivity contribution in [1.29, 1.82) is 0 Å². The topological polar surface area (TPSA) is 378 Å². The normalized spacial score (nSPS) is 30.0. The van der Waals surface area contributed by atoms with E-state index in [1.807, 2.05) is 53.7 Å². The van der Waals surface area contributed by atoms with Gasteiger partial charge in [0.2, 0.25) is 11.0 Å². The highest BCUT2D eigenvalue weighted by atomic mass is 35.5. The first-order valence-corrected chi connectivity index (χ1v) is 34.5. The molecule has 0 spiro atoms. The first-order valence-electron chi connectivity index (χ1n) is 34.1. The second-order valence-electron chi connectivity index (χ2n) is 27.0. The third-order valence-electron chi connectivity index (χ3n) is 18.8. The largest absolute Gasteiger partial charge is 1.00 e. The summed E-state index contributed by atoms with van der Waals surface area (Å²) >= 11 is 5.35. The molecule has 1 aromatic carbocycles. The van der Waals surface area contributed by atoms with Crippen LogP contribution in [0.25, 0.3) is 0 Å². The van der Waals surface area contributed by atoms with E-state index in [2.05, 4.69) is 42.8 Å². The number of carbonyl (C=O) groups excluding carboxylic acids is 8. The fourth-order valence-corrected chi connectivity index (χ4v) is 13.0. The van der Waals surface area contributed by atoms with Gasteiger partial charge in [-0.1, -0.05) is 103 Å².